The molecule has 0 bridgehead atoms. The number of hydrogen-bond acceptors (Lipinski definition) is 5. The summed E-state index contributed by atoms with van der Waals surface area (Å²) in [6, 6.07) is 1.68. The smallest absolute Gasteiger partial charge is 0.271 e. The van der Waals surface area contributed by atoms with Gasteiger partial charge < -0.3 is 15.5 Å². The van der Waals surface area contributed by atoms with E-state index < -0.39 is 0 Å². The van der Waals surface area contributed by atoms with Gasteiger partial charge in [0.1, 0.15) is 5.69 Å². The lowest BCUT2D eigenvalue weighted by Gasteiger charge is -2.26. The Bertz CT molecular complexity index is 899. The molecule has 0 atom stereocenters. The van der Waals surface area contributed by atoms with E-state index in [2.05, 4.69) is 20.8 Å². The molecule has 0 aromatic carbocycles. The Kier molecular flexibility index (Phi) is 5.76. The number of aryl methyl sites for hydroxylation is 1. The maximum absolute atomic E-state index is 12.2. The standard InChI is InChI=1S/C18H25N7O3/c1-4-24-9-5-14(21-24)17(27)20-7-10-25-15-6-8-23(12(2)26)11-13(15)16(22-25)18(28)19-3/h5,9H,4,6-8,10-11H2,1-3H3,(H,19,28)(H,20,27). The van der Waals surface area contributed by atoms with Crippen molar-refractivity contribution in [2.75, 3.05) is 20.1 Å². The first-order valence-corrected chi connectivity index (χ1v) is 9.32. The Labute approximate surface area is 162 Å². The van der Waals surface area contributed by atoms with Crippen LogP contribution in [-0.2, 0) is 30.8 Å². The van der Waals surface area contributed by atoms with Crippen molar-refractivity contribution < 1.29 is 14.4 Å². The zero-order chi connectivity index (χ0) is 20.3. The number of hydrogen-bond donors (Lipinski definition) is 2. The van der Waals surface area contributed by atoms with Crippen molar-refractivity contribution in [2.45, 2.75) is 39.9 Å². The van der Waals surface area contributed by atoms with Gasteiger partial charge in [0.15, 0.2) is 5.69 Å². The van der Waals surface area contributed by atoms with Gasteiger partial charge in [0.05, 0.1) is 6.54 Å². The Morgan fingerprint density at radius 2 is 2.00 bits per heavy atom. The lowest BCUT2D eigenvalue weighted by molar-refractivity contribution is -0.129. The highest BCUT2D eigenvalue weighted by Crippen LogP contribution is 2.23. The molecular formula is C18H25N7O3. The molecule has 10 nitrogen and oxygen atoms in total. The number of rotatable bonds is 6. The van der Waals surface area contributed by atoms with E-state index >= 15 is 0 Å². The van der Waals surface area contributed by atoms with Crippen molar-refractivity contribution in [1.82, 2.24) is 35.1 Å². The van der Waals surface area contributed by atoms with E-state index in [9.17, 15) is 14.4 Å². The Morgan fingerprint density at radius 3 is 2.64 bits per heavy atom. The topological polar surface area (TPSA) is 114 Å². The summed E-state index contributed by atoms with van der Waals surface area (Å²) in [5.41, 5.74) is 2.40. The highest BCUT2D eigenvalue weighted by molar-refractivity contribution is 5.94. The molecule has 0 fully saturated rings. The van der Waals surface area contributed by atoms with Crippen LogP contribution >= 0.6 is 0 Å². The summed E-state index contributed by atoms with van der Waals surface area (Å²) < 4.78 is 3.44. The fourth-order valence-corrected chi connectivity index (χ4v) is 3.27. The molecular weight excluding hydrogens is 362 g/mol. The van der Waals surface area contributed by atoms with E-state index in [0.717, 1.165) is 11.3 Å². The molecule has 10 heteroatoms. The summed E-state index contributed by atoms with van der Waals surface area (Å²) in [4.78, 5) is 37.8. The molecule has 1 aliphatic rings. The number of carbonyl (C=O) groups excluding carboxylic acids is 3. The van der Waals surface area contributed by atoms with Gasteiger partial charge in [-0.05, 0) is 13.0 Å². The van der Waals surface area contributed by atoms with Gasteiger partial charge in [-0.25, -0.2) is 0 Å². The highest BCUT2D eigenvalue weighted by Gasteiger charge is 2.28. The predicted octanol–water partition coefficient (Wildman–Crippen LogP) is -0.206. The van der Waals surface area contributed by atoms with Crippen LogP contribution in [0, 0.1) is 0 Å². The largest absolute Gasteiger partial charge is 0.354 e. The molecule has 0 saturated heterocycles. The van der Waals surface area contributed by atoms with Gasteiger partial charge >= 0.3 is 0 Å². The molecule has 0 saturated carbocycles. The molecule has 0 unspecified atom stereocenters. The monoisotopic (exact) mass is 387 g/mol. The molecule has 28 heavy (non-hydrogen) atoms. The molecule has 2 aromatic heterocycles. The third-order valence-corrected chi connectivity index (χ3v) is 4.83. The van der Waals surface area contributed by atoms with E-state index in [-0.39, 0.29) is 17.7 Å². The number of fused-ring (bicyclic) bond motifs is 1. The SMILES string of the molecule is CCn1ccc(C(=O)NCCn2nc(C(=O)NC)c3c2CCN(C(C)=O)C3)n1. The van der Waals surface area contributed by atoms with Gasteiger partial charge in [-0.15, -0.1) is 0 Å². The third-order valence-electron chi connectivity index (χ3n) is 4.83. The fourth-order valence-electron chi connectivity index (χ4n) is 3.27. The Hall–Kier alpha value is -3.17. The summed E-state index contributed by atoms with van der Waals surface area (Å²) in [6.07, 6.45) is 2.38. The van der Waals surface area contributed by atoms with E-state index in [0.29, 0.717) is 50.5 Å². The minimum atomic E-state index is -0.283. The van der Waals surface area contributed by atoms with E-state index in [1.165, 1.54) is 6.92 Å². The quantitative estimate of drug-likeness (QED) is 0.712. The van der Waals surface area contributed by atoms with Crippen LogP contribution in [0.15, 0.2) is 12.3 Å². The second-order valence-electron chi connectivity index (χ2n) is 6.58. The van der Waals surface area contributed by atoms with Crippen LogP contribution in [0.3, 0.4) is 0 Å². The zero-order valence-electron chi connectivity index (χ0n) is 16.4. The predicted molar refractivity (Wildman–Crippen MR) is 101 cm³/mol. The van der Waals surface area contributed by atoms with Gasteiger partial charge in [0, 0.05) is 64.0 Å². The second-order valence-corrected chi connectivity index (χ2v) is 6.58. The Balaban J connectivity index is 1.71. The van der Waals surface area contributed by atoms with Crippen molar-refractivity contribution in [3.05, 3.63) is 34.9 Å². The molecule has 0 spiro atoms. The van der Waals surface area contributed by atoms with Crippen LogP contribution in [-0.4, -0.2) is 62.3 Å². The molecule has 0 aliphatic carbocycles. The summed E-state index contributed by atoms with van der Waals surface area (Å²) in [6.45, 7) is 5.91. The summed E-state index contributed by atoms with van der Waals surface area (Å²) in [5.74, 6) is -0.558. The molecule has 2 N–H and O–H groups in total. The third kappa shape index (κ3) is 3.90. The summed E-state index contributed by atoms with van der Waals surface area (Å²) in [5, 5.41) is 14.0. The van der Waals surface area contributed by atoms with Crippen LogP contribution in [0.4, 0.5) is 0 Å². The first kappa shape index (κ1) is 19.6. The average Bonchev–Trinajstić information content (AvgIpc) is 3.32. The molecule has 3 amide bonds. The van der Waals surface area contributed by atoms with E-state index in [4.69, 9.17) is 0 Å². The number of nitrogens with one attached hydrogen (secondary N) is 2. The van der Waals surface area contributed by atoms with Crippen molar-refractivity contribution >= 4 is 17.7 Å². The van der Waals surface area contributed by atoms with Crippen LogP contribution in [0.5, 0.6) is 0 Å². The molecule has 1 aliphatic heterocycles. The highest BCUT2D eigenvalue weighted by atomic mass is 16.2. The van der Waals surface area contributed by atoms with Crippen LogP contribution < -0.4 is 10.6 Å². The van der Waals surface area contributed by atoms with E-state index in [1.54, 1.807) is 33.6 Å². The molecule has 150 valence electrons. The molecule has 0 radical (unpaired) electrons. The average molecular weight is 387 g/mol. The van der Waals surface area contributed by atoms with Crippen LogP contribution in [0.2, 0.25) is 0 Å². The maximum Gasteiger partial charge on any atom is 0.271 e. The van der Waals surface area contributed by atoms with Gasteiger partial charge in [-0.1, -0.05) is 0 Å². The summed E-state index contributed by atoms with van der Waals surface area (Å²) >= 11 is 0. The van der Waals surface area contributed by atoms with Crippen molar-refractivity contribution in [3.63, 3.8) is 0 Å². The van der Waals surface area contributed by atoms with Gasteiger partial charge in [-0.2, -0.15) is 10.2 Å². The lowest BCUT2D eigenvalue weighted by atomic mass is 10.0. The van der Waals surface area contributed by atoms with E-state index in [1.807, 2.05) is 6.92 Å². The Morgan fingerprint density at radius 1 is 1.21 bits per heavy atom. The van der Waals surface area contributed by atoms with Crippen molar-refractivity contribution in [3.8, 4) is 0 Å². The van der Waals surface area contributed by atoms with Crippen LogP contribution in [0.25, 0.3) is 0 Å². The number of carbonyl (C=O) groups is 3. The fraction of sp³-hybridized carbons (Fsp3) is 0.500. The molecule has 3 heterocycles. The van der Waals surface area contributed by atoms with Gasteiger partial charge in [-0.3, -0.25) is 23.7 Å². The number of amides is 3. The number of nitrogens with zero attached hydrogens (tertiary/aromatic N) is 5. The van der Waals surface area contributed by atoms with Crippen molar-refractivity contribution in [1.29, 1.82) is 0 Å². The minimum Gasteiger partial charge on any atom is -0.354 e. The van der Waals surface area contributed by atoms with Gasteiger partial charge in [0.25, 0.3) is 11.8 Å². The van der Waals surface area contributed by atoms with Crippen molar-refractivity contribution in [2.24, 2.45) is 0 Å². The lowest BCUT2D eigenvalue weighted by Crippen LogP contribution is -2.36. The zero-order valence-corrected chi connectivity index (χ0v) is 16.4. The first-order chi connectivity index (χ1) is 13.4. The minimum absolute atomic E-state index is 0.0277. The second kappa shape index (κ2) is 8.24. The normalized spacial score (nSPS) is 13.2. The summed E-state index contributed by atoms with van der Waals surface area (Å²) in [7, 11) is 1.55. The number of aromatic nitrogens is 4. The molecule has 2 aromatic rings. The maximum atomic E-state index is 12.2. The van der Waals surface area contributed by atoms with Crippen LogP contribution in [0.1, 0.15) is 46.1 Å². The first-order valence-electron chi connectivity index (χ1n) is 9.32. The van der Waals surface area contributed by atoms with Gasteiger partial charge in [0.2, 0.25) is 5.91 Å². The molecule has 3 rings (SSSR count).